The highest BCUT2D eigenvalue weighted by Crippen LogP contribution is 2.32. The van der Waals surface area contributed by atoms with Gasteiger partial charge in [-0.1, -0.05) is 48.5 Å². The van der Waals surface area contributed by atoms with Crippen LogP contribution in [0.25, 0.3) is 11.4 Å². The molecule has 0 saturated heterocycles. The first kappa shape index (κ1) is 17.4. The molecule has 3 N–H and O–H groups in total. The van der Waals surface area contributed by atoms with E-state index >= 15 is 0 Å². The molecule has 0 radical (unpaired) electrons. The average molecular weight is 362 g/mol. The minimum absolute atomic E-state index is 0.0221. The number of rotatable bonds is 6. The van der Waals surface area contributed by atoms with Crippen LogP contribution in [0.4, 0.5) is 0 Å². The highest BCUT2D eigenvalue weighted by molar-refractivity contribution is 6.00. The Hall–Kier alpha value is -2.99. The standard InChI is InChI=1S/C21H22N4O2/c26-16-11-15(12-16)19(10-14-6-2-1-3-7-14)24-21(27)18-9-5-4-8-17(18)20-22-13-23-25-20/h1-9,13,15-16,19,26H,10-12H2,(H,24,27)(H,22,23,25)/t15?,16?,19-/m0/s1. The summed E-state index contributed by atoms with van der Waals surface area (Å²) in [6.45, 7) is 0. The Labute approximate surface area is 157 Å². The Morgan fingerprint density at radius 1 is 1.15 bits per heavy atom. The van der Waals surface area contributed by atoms with Crippen LogP contribution in [0, 0.1) is 5.92 Å². The number of aromatic nitrogens is 3. The normalized spacial score (nSPS) is 19.9. The molecule has 1 aromatic heterocycles. The molecule has 3 aromatic rings. The summed E-state index contributed by atoms with van der Waals surface area (Å²) in [5.74, 6) is 0.713. The van der Waals surface area contributed by atoms with Crippen molar-refractivity contribution in [3.8, 4) is 11.4 Å². The van der Waals surface area contributed by atoms with Crippen LogP contribution < -0.4 is 5.32 Å². The maximum Gasteiger partial charge on any atom is 0.252 e. The summed E-state index contributed by atoms with van der Waals surface area (Å²) >= 11 is 0. The van der Waals surface area contributed by atoms with Gasteiger partial charge in [0.25, 0.3) is 5.91 Å². The van der Waals surface area contributed by atoms with Crippen molar-refractivity contribution in [3.05, 3.63) is 72.1 Å². The van der Waals surface area contributed by atoms with E-state index in [0.29, 0.717) is 11.4 Å². The number of benzene rings is 2. The molecule has 27 heavy (non-hydrogen) atoms. The van der Waals surface area contributed by atoms with Gasteiger partial charge in [0.15, 0.2) is 5.82 Å². The lowest BCUT2D eigenvalue weighted by atomic mass is 9.75. The van der Waals surface area contributed by atoms with E-state index in [0.717, 1.165) is 24.8 Å². The van der Waals surface area contributed by atoms with Crippen molar-refractivity contribution >= 4 is 5.91 Å². The second kappa shape index (κ2) is 7.72. The zero-order chi connectivity index (χ0) is 18.6. The van der Waals surface area contributed by atoms with E-state index in [1.807, 2.05) is 36.4 Å². The number of aromatic amines is 1. The van der Waals surface area contributed by atoms with E-state index < -0.39 is 0 Å². The van der Waals surface area contributed by atoms with Gasteiger partial charge in [-0.2, -0.15) is 5.10 Å². The molecule has 2 aromatic carbocycles. The summed E-state index contributed by atoms with van der Waals surface area (Å²) in [6, 6.07) is 17.5. The molecular formula is C21H22N4O2. The van der Waals surface area contributed by atoms with Gasteiger partial charge < -0.3 is 10.4 Å². The van der Waals surface area contributed by atoms with Crippen molar-refractivity contribution < 1.29 is 9.90 Å². The third-order valence-electron chi connectivity index (χ3n) is 5.18. The van der Waals surface area contributed by atoms with Crippen LogP contribution in [0.3, 0.4) is 0 Å². The first-order valence-corrected chi connectivity index (χ1v) is 9.18. The van der Waals surface area contributed by atoms with Gasteiger partial charge in [0, 0.05) is 11.6 Å². The van der Waals surface area contributed by atoms with Crippen molar-refractivity contribution in [1.82, 2.24) is 20.5 Å². The minimum atomic E-state index is -0.258. The number of amides is 1. The van der Waals surface area contributed by atoms with Crippen LogP contribution in [0.15, 0.2) is 60.9 Å². The SMILES string of the molecule is O=C(N[C@@H](Cc1ccccc1)C1CC(O)C1)c1ccccc1-c1ncn[nH]1. The summed E-state index contributed by atoms with van der Waals surface area (Å²) in [7, 11) is 0. The quantitative estimate of drug-likeness (QED) is 0.629. The van der Waals surface area contributed by atoms with Crippen LogP contribution in [-0.2, 0) is 6.42 Å². The molecule has 6 nitrogen and oxygen atoms in total. The fraction of sp³-hybridized carbons (Fsp3) is 0.286. The third kappa shape index (κ3) is 3.90. The number of carbonyl (C=O) groups excluding carboxylic acids is 1. The second-order valence-corrected chi connectivity index (χ2v) is 7.03. The maximum absolute atomic E-state index is 13.1. The maximum atomic E-state index is 13.1. The first-order chi connectivity index (χ1) is 13.2. The van der Waals surface area contributed by atoms with Gasteiger partial charge in [0.2, 0.25) is 0 Å². The van der Waals surface area contributed by atoms with E-state index in [1.165, 1.54) is 11.9 Å². The molecule has 0 aliphatic heterocycles. The van der Waals surface area contributed by atoms with Gasteiger partial charge in [-0.25, -0.2) is 4.98 Å². The summed E-state index contributed by atoms with van der Waals surface area (Å²) in [6.07, 6.45) is 3.36. The smallest absolute Gasteiger partial charge is 0.252 e. The van der Waals surface area contributed by atoms with E-state index in [9.17, 15) is 9.90 Å². The van der Waals surface area contributed by atoms with Gasteiger partial charge in [-0.3, -0.25) is 9.89 Å². The summed E-state index contributed by atoms with van der Waals surface area (Å²) < 4.78 is 0. The monoisotopic (exact) mass is 362 g/mol. The molecule has 0 bridgehead atoms. The van der Waals surface area contributed by atoms with Gasteiger partial charge >= 0.3 is 0 Å². The van der Waals surface area contributed by atoms with Crippen LogP contribution in [0.5, 0.6) is 0 Å². The molecule has 1 heterocycles. The van der Waals surface area contributed by atoms with Gasteiger partial charge in [-0.05, 0) is 36.8 Å². The molecule has 4 rings (SSSR count). The predicted octanol–water partition coefficient (Wildman–Crippen LogP) is 2.58. The Kier molecular flexibility index (Phi) is 4.98. The lowest BCUT2D eigenvalue weighted by Crippen LogP contribution is -2.48. The number of nitrogens with zero attached hydrogens (tertiary/aromatic N) is 2. The fourth-order valence-corrected chi connectivity index (χ4v) is 3.63. The average Bonchev–Trinajstić information content (AvgIpc) is 3.20. The van der Waals surface area contributed by atoms with E-state index in [1.54, 1.807) is 6.07 Å². The Balaban J connectivity index is 1.55. The number of aliphatic hydroxyl groups excluding tert-OH is 1. The predicted molar refractivity (Wildman–Crippen MR) is 102 cm³/mol. The zero-order valence-corrected chi connectivity index (χ0v) is 14.9. The van der Waals surface area contributed by atoms with Crippen molar-refractivity contribution in [2.45, 2.75) is 31.4 Å². The number of hydrogen-bond acceptors (Lipinski definition) is 4. The molecule has 138 valence electrons. The molecule has 0 unspecified atom stereocenters. The second-order valence-electron chi connectivity index (χ2n) is 7.03. The van der Waals surface area contributed by atoms with Crippen molar-refractivity contribution in [3.63, 3.8) is 0 Å². The number of H-pyrrole nitrogens is 1. The minimum Gasteiger partial charge on any atom is -0.393 e. The molecule has 0 spiro atoms. The molecule has 1 atom stereocenters. The van der Waals surface area contributed by atoms with E-state index in [-0.39, 0.29) is 24.0 Å². The molecular weight excluding hydrogens is 340 g/mol. The van der Waals surface area contributed by atoms with Crippen molar-refractivity contribution in [2.24, 2.45) is 5.92 Å². The van der Waals surface area contributed by atoms with E-state index in [4.69, 9.17) is 0 Å². The van der Waals surface area contributed by atoms with Crippen LogP contribution in [-0.4, -0.2) is 38.3 Å². The van der Waals surface area contributed by atoms with Crippen LogP contribution in [0.2, 0.25) is 0 Å². The molecule has 1 aliphatic rings. The largest absolute Gasteiger partial charge is 0.393 e. The summed E-state index contributed by atoms with van der Waals surface area (Å²) in [4.78, 5) is 17.2. The topological polar surface area (TPSA) is 90.9 Å². The van der Waals surface area contributed by atoms with Crippen molar-refractivity contribution in [2.75, 3.05) is 0 Å². The van der Waals surface area contributed by atoms with Crippen LogP contribution >= 0.6 is 0 Å². The summed E-state index contributed by atoms with van der Waals surface area (Å²) in [5, 5.41) is 19.6. The first-order valence-electron chi connectivity index (χ1n) is 9.18. The van der Waals surface area contributed by atoms with Gasteiger partial charge in [-0.15, -0.1) is 0 Å². The number of hydrogen-bond donors (Lipinski definition) is 3. The summed E-state index contributed by atoms with van der Waals surface area (Å²) in [5.41, 5.74) is 2.46. The van der Waals surface area contributed by atoms with Crippen molar-refractivity contribution in [1.29, 1.82) is 0 Å². The van der Waals surface area contributed by atoms with Crippen LogP contribution in [0.1, 0.15) is 28.8 Å². The highest BCUT2D eigenvalue weighted by Gasteiger charge is 2.35. The zero-order valence-electron chi connectivity index (χ0n) is 14.9. The molecule has 1 saturated carbocycles. The van der Waals surface area contributed by atoms with E-state index in [2.05, 4.69) is 32.6 Å². The Morgan fingerprint density at radius 2 is 1.89 bits per heavy atom. The molecule has 6 heteroatoms. The number of aliphatic hydroxyl groups is 1. The molecule has 1 aliphatic carbocycles. The Bertz CT molecular complexity index is 890. The third-order valence-corrected chi connectivity index (χ3v) is 5.18. The molecule has 1 amide bonds. The lowest BCUT2D eigenvalue weighted by Gasteiger charge is -2.38. The Morgan fingerprint density at radius 3 is 2.59 bits per heavy atom. The highest BCUT2D eigenvalue weighted by atomic mass is 16.3. The number of nitrogens with one attached hydrogen (secondary N) is 2. The van der Waals surface area contributed by atoms with Gasteiger partial charge in [0.05, 0.1) is 11.7 Å². The number of carbonyl (C=O) groups is 1. The fourth-order valence-electron chi connectivity index (χ4n) is 3.63. The van der Waals surface area contributed by atoms with Gasteiger partial charge in [0.1, 0.15) is 6.33 Å². The molecule has 1 fully saturated rings. The lowest BCUT2D eigenvalue weighted by molar-refractivity contribution is 0.0239.